The van der Waals surface area contributed by atoms with E-state index in [0.717, 1.165) is 118 Å². The Morgan fingerprint density at radius 1 is 0.319 bits per heavy atom. The lowest BCUT2D eigenvalue weighted by Crippen LogP contribution is -2.53. The van der Waals surface area contributed by atoms with Crippen molar-refractivity contribution in [1.82, 2.24) is 37.2 Å². The Balaban J connectivity index is 0.000000179. The Bertz CT molecular complexity index is 6120. The van der Waals surface area contributed by atoms with Gasteiger partial charge >= 0.3 is 30.1 Å². The third-order valence-electron chi connectivity index (χ3n) is 23.4. The van der Waals surface area contributed by atoms with Crippen LogP contribution in [0.25, 0.3) is 21.5 Å². The molecule has 7 atom stereocenters. The van der Waals surface area contributed by atoms with Gasteiger partial charge in [-0.3, -0.25) is 19.2 Å². The van der Waals surface area contributed by atoms with Gasteiger partial charge in [-0.05, 0) is 202 Å². The van der Waals surface area contributed by atoms with Crippen LogP contribution in [0, 0.1) is 13.8 Å². The molecule has 13 aromatic carbocycles. The summed E-state index contributed by atoms with van der Waals surface area (Å²) >= 11 is 0. The van der Waals surface area contributed by atoms with E-state index in [1.807, 2.05) is 209 Å². The third-order valence-corrected chi connectivity index (χ3v) is 28.4. The van der Waals surface area contributed by atoms with Crippen molar-refractivity contribution in [2.75, 3.05) is 19.8 Å². The van der Waals surface area contributed by atoms with Crippen LogP contribution in [0.5, 0.6) is 0 Å². The van der Waals surface area contributed by atoms with Crippen LogP contribution < -0.4 is 69.0 Å². The van der Waals surface area contributed by atoms with Crippen LogP contribution in [0.15, 0.2) is 370 Å². The van der Waals surface area contributed by atoms with Crippen molar-refractivity contribution in [3.8, 4) is 0 Å². The van der Waals surface area contributed by atoms with Gasteiger partial charge < -0.3 is 60.9 Å². The molecule has 0 saturated heterocycles. The van der Waals surface area contributed by atoms with Crippen molar-refractivity contribution in [3.05, 3.63) is 420 Å². The van der Waals surface area contributed by atoms with Gasteiger partial charge in [0.2, 0.25) is 0 Å². The molecule has 21 nitrogen and oxygen atoms in total. The van der Waals surface area contributed by atoms with Gasteiger partial charge in [-0.2, -0.15) is 0 Å². The van der Waals surface area contributed by atoms with Crippen molar-refractivity contribution < 1.29 is 66.8 Å². The second-order valence-corrected chi connectivity index (χ2v) is 38.2. The maximum atomic E-state index is 14.6. The highest BCUT2D eigenvalue weighted by molar-refractivity contribution is 7.80. The minimum atomic E-state index is -1.00. The van der Waals surface area contributed by atoms with E-state index in [9.17, 15) is 43.2 Å². The highest BCUT2D eigenvalue weighted by atomic mass is 31.1. The minimum absolute atomic E-state index is 0.0775. The average molecular weight is 1930 g/mol. The Morgan fingerprint density at radius 2 is 0.638 bits per heavy atom. The molecule has 0 heterocycles. The van der Waals surface area contributed by atoms with E-state index in [0.29, 0.717) is 49.6 Å². The molecule has 0 aromatic heterocycles. The number of hydrogen-bond donors (Lipinski definition) is 7. The Hall–Kier alpha value is -14.8. The van der Waals surface area contributed by atoms with Crippen molar-refractivity contribution in [1.29, 1.82) is 0 Å². The SMILES string of the molecule is CCOC(=O)/C=C/C(C)OC(=O)NCc1ccccc1.CCOC(=O)/C=C/[C@@H](C)NCc1ccccc1.CCOC(=O)/C=C/[C@H](C)OC(=O)NCc1ccccc1.Cc1ccc2ccccc2c1C(=O)N[C@@H]1CCCC[C@H]1NC(=O)c1c(P(c2ccccc2)c2ccccc2)ccc2ccccc12.Cc1ccccc1C(=O)N[C@@H]1CCCC[C@H]1NC(=O)c1ccccc1P(c1ccccc1)c1ccccc1. The molecule has 0 radical (unpaired) electrons. The molecule has 0 aliphatic heterocycles. The summed E-state index contributed by atoms with van der Waals surface area (Å²) in [6, 6.07) is 111. The van der Waals surface area contributed by atoms with E-state index in [-0.39, 0.29) is 59.8 Å². The fraction of sp³-hybridized carbons (Fsp3) is 0.246. The van der Waals surface area contributed by atoms with E-state index in [2.05, 4.69) is 183 Å². The van der Waals surface area contributed by atoms with E-state index in [4.69, 9.17) is 23.7 Å². The summed E-state index contributed by atoms with van der Waals surface area (Å²) in [5, 5.41) is 32.7. The van der Waals surface area contributed by atoms with Gasteiger partial charge in [-0.15, -0.1) is 0 Å². The molecule has 1 unspecified atom stereocenters. The van der Waals surface area contributed by atoms with Crippen LogP contribution in [0.3, 0.4) is 0 Å². The van der Waals surface area contributed by atoms with Crippen LogP contribution in [0.4, 0.5) is 9.59 Å². The predicted molar refractivity (Wildman–Crippen MR) is 568 cm³/mol. The highest BCUT2D eigenvalue weighted by Gasteiger charge is 2.34. The molecule has 0 spiro atoms. The lowest BCUT2D eigenvalue weighted by Gasteiger charge is -2.33. The smallest absolute Gasteiger partial charge is 0.407 e. The summed E-state index contributed by atoms with van der Waals surface area (Å²) in [4.78, 5) is 112. The van der Waals surface area contributed by atoms with Crippen molar-refractivity contribution in [3.63, 3.8) is 0 Å². The van der Waals surface area contributed by atoms with Gasteiger partial charge in [-0.1, -0.05) is 353 Å². The molecule has 7 N–H and O–H groups in total. The third kappa shape index (κ3) is 34.1. The maximum absolute atomic E-state index is 14.6. The number of hydrogen-bond acceptors (Lipinski definition) is 15. The molecule has 728 valence electrons. The lowest BCUT2D eigenvalue weighted by atomic mass is 9.89. The second kappa shape index (κ2) is 57.6. The summed E-state index contributed by atoms with van der Waals surface area (Å²) in [5.74, 6) is -1.52. The summed E-state index contributed by atoms with van der Waals surface area (Å²) in [7, 11) is -1.91. The lowest BCUT2D eigenvalue weighted by molar-refractivity contribution is -0.138. The number of rotatable bonds is 32. The van der Waals surface area contributed by atoms with Crippen LogP contribution in [0.2, 0.25) is 0 Å². The molecule has 0 bridgehead atoms. The number of alkyl carbamates (subject to hydrolysis) is 2. The molecule has 6 amide bonds. The number of aryl methyl sites for hydroxylation is 2. The van der Waals surface area contributed by atoms with Crippen LogP contribution >= 0.6 is 15.8 Å². The van der Waals surface area contributed by atoms with Gasteiger partial charge in [0.05, 0.1) is 30.9 Å². The van der Waals surface area contributed by atoms with E-state index in [1.165, 1.54) is 57.2 Å². The number of nitrogens with one attached hydrogen (secondary N) is 7. The highest BCUT2D eigenvalue weighted by Crippen LogP contribution is 2.38. The van der Waals surface area contributed by atoms with E-state index in [1.54, 1.807) is 40.7 Å². The van der Waals surface area contributed by atoms with Crippen molar-refractivity contribution in [2.24, 2.45) is 0 Å². The van der Waals surface area contributed by atoms with Gasteiger partial charge in [-0.25, -0.2) is 24.0 Å². The summed E-state index contributed by atoms with van der Waals surface area (Å²) < 4.78 is 24.4. The Morgan fingerprint density at radius 3 is 1.05 bits per heavy atom. The molecule has 2 saturated carbocycles. The number of carbonyl (C=O) groups is 9. The number of carbonyl (C=O) groups excluding carboxylic acids is 9. The molecule has 23 heteroatoms. The molecule has 13 aromatic rings. The fourth-order valence-electron chi connectivity index (χ4n) is 16.3. The van der Waals surface area contributed by atoms with E-state index >= 15 is 0 Å². The molecule has 15 rings (SSSR count). The van der Waals surface area contributed by atoms with E-state index < -0.39 is 52.2 Å². The first kappa shape index (κ1) is 107. The number of esters is 3. The monoisotopic (exact) mass is 1930 g/mol. The summed E-state index contributed by atoms with van der Waals surface area (Å²) in [5.41, 5.74) is 7.90. The standard InChI is InChI=1S/C41H37N2O2P.C33H33N2O2P.2C15H19NO4.C14H19NO2/c1-28-24-25-29-14-8-10-20-33(29)38(28)40(44)42-35-22-12-13-23-36(35)43-41(45)39-34-21-11-9-15-30(34)26-27-37(39)46(31-16-4-2-5-17-31)32-18-6-3-7-19-32;1-24-14-8-9-19-27(24)32(36)34-29-21-11-12-22-30(29)35-33(37)28-20-10-13-23-31(28)38(25-15-4-2-5-16-25)26-17-6-3-7-18-26;2*1-3-19-14(17)10-9-12(2)20-15(18)16-11-13-7-5-4-6-8-13;1-3-17-14(16)10-9-12(2)15-11-13-7-5-4-6-8-13/h2-11,14-21,24-27,35-36H,12-13,22-23H2,1H3,(H,42,44)(H,43,45);2-10,13-20,23,29-30H,11-12,21-22H2,1H3,(H,34,36)(H,35,37);2*4-10,12H,3,11H2,1-2H3,(H,16,18);4-10,12,15H,3,11H2,1-2H3/b;;3*10-9+/t35-,36-;29-,30-;12-;;12-/m110.1/s1. The van der Waals surface area contributed by atoms with Crippen molar-refractivity contribution >= 4 is 123 Å². The first-order valence-electron chi connectivity index (χ1n) is 48.1. The summed E-state index contributed by atoms with van der Waals surface area (Å²) in [6.45, 7) is 17.1. The zero-order valence-corrected chi connectivity index (χ0v) is 83.1. The first-order valence-corrected chi connectivity index (χ1v) is 50.8. The quantitative estimate of drug-likeness (QED) is 0.00893. The van der Waals surface area contributed by atoms with Crippen LogP contribution in [-0.2, 0) is 57.7 Å². The molecular formula is C118H127N7O14P2. The first-order chi connectivity index (χ1) is 68.6. The van der Waals surface area contributed by atoms with Gasteiger partial charge in [0.25, 0.3) is 23.6 Å². The average Bonchev–Trinajstić information content (AvgIpc) is 0.764. The molecular weight excluding hydrogens is 1800 g/mol. The zero-order chi connectivity index (χ0) is 99.9. The predicted octanol–water partition coefficient (Wildman–Crippen LogP) is 19.9. The molecule has 2 fully saturated rings. The molecule has 2 aliphatic carbocycles. The second-order valence-electron chi connectivity index (χ2n) is 33.8. The van der Waals surface area contributed by atoms with Gasteiger partial charge in [0, 0.05) is 79.2 Å². The number of ether oxygens (including phenoxy) is 5. The number of fused-ring (bicyclic) bond motifs is 2. The Labute approximate surface area is 830 Å². The zero-order valence-electron chi connectivity index (χ0n) is 81.3. The normalized spacial score (nSPS) is 14.9. The Kier molecular flexibility index (Phi) is 43.6. The van der Waals surface area contributed by atoms with Gasteiger partial charge in [0.15, 0.2) is 0 Å². The maximum Gasteiger partial charge on any atom is 0.407 e. The summed E-state index contributed by atoms with van der Waals surface area (Å²) in [6.07, 6.45) is 14.1. The number of benzene rings is 13. The largest absolute Gasteiger partial charge is 0.463 e. The fourth-order valence-corrected chi connectivity index (χ4v) is 21.3. The minimum Gasteiger partial charge on any atom is -0.463 e. The number of amides is 6. The van der Waals surface area contributed by atoms with Crippen LogP contribution in [-0.4, -0.2) is 116 Å². The molecule has 2 aliphatic rings. The van der Waals surface area contributed by atoms with Gasteiger partial charge in [0.1, 0.15) is 12.2 Å². The van der Waals surface area contributed by atoms with Crippen LogP contribution in [0.1, 0.15) is 162 Å². The van der Waals surface area contributed by atoms with Crippen molar-refractivity contribution in [2.45, 2.75) is 169 Å². The topological polar surface area (TPSA) is 284 Å². The molecule has 141 heavy (non-hydrogen) atoms.